The first-order chi connectivity index (χ1) is 10.3. The van der Waals surface area contributed by atoms with Gasteiger partial charge in [0.15, 0.2) is 0 Å². The number of para-hydroxylation sites is 1. The van der Waals surface area contributed by atoms with E-state index in [1.165, 1.54) is 5.56 Å². The number of amides is 1. The van der Waals surface area contributed by atoms with Gasteiger partial charge in [-0.2, -0.15) is 5.10 Å². The predicted octanol–water partition coefficient (Wildman–Crippen LogP) is 2.40. The Hall–Kier alpha value is -2.62. The number of aromatic nitrogens is 2. The van der Waals surface area contributed by atoms with Crippen LogP contribution in [0.4, 0.5) is 0 Å². The first kappa shape index (κ1) is 13.4. The van der Waals surface area contributed by atoms with Crippen LogP contribution in [0.5, 0.6) is 0 Å². The van der Waals surface area contributed by atoms with Gasteiger partial charge in [-0.15, -0.1) is 0 Å². The van der Waals surface area contributed by atoms with Crippen LogP contribution in [0.1, 0.15) is 5.56 Å². The number of hydrogen-bond acceptors (Lipinski definition) is 2. The fourth-order valence-electron chi connectivity index (χ4n) is 2.33. The lowest BCUT2D eigenvalue weighted by Gasteiger charge is -2.06. The maximum atomic E-state index is 12.0. The van der Waals surface area contributed by atoms with Crippen LogP contribution >= 0.6 is 0 Å². The lowest BCUT2D eigenvalue weighted by molar-refractivity contribution is -0.121. The summed E-state index contributed by atoms with van der Waals surface area (Å²) < 4.78 is 1.73. The monoisotopic (exact) mass is 279 g/mol. The molecule has 0 aliphatic rings. The topological polar surface area (TPSA) is 46.9 Å². The van der Waals surface area contributed by atoms with Gasteiger partial charge in [0.2, 0.25) is 5.91 Å². The van der Waals surface area contributed by atoms with Crippen molar-refractivity contribution in [1.29, 1.82) is 0 Å². The molecule has 2 aromatic carbocycles. The molecule has 21 heavy (non-hydrogen) atoms. The van der Waals surface area contributed by atoms with Crippen LogP contribution in [0.3, 0.4) is 0 Å². The largest absolute Gasteiger partial charge is 0.354 e. The predicted molar refractivity (Wildman–Crippen MR) is 82.9 cm³/mol. The Kier molecular flexibility index (Phi) is 3.96. The molecule has 1 amide bonds. The number of carbonyl (C=O) groups excluding carboxylic acids is 1. The third kappa shape index (κ3) is 3.28. The van der Waals surface area contributed by atoms with Crippen LogP contribution in [-0.2, 0) is 17.8 Å². The minimum absolute atomic E-state index is 0.0141. The van der Waals surface area contributed by atoms with E-state index < -0.39 is 0 Å². The van der Waals surface area contributed by atoms with Crippen LogP contribution in [0.15, 0.2) is 60.8 Å². The standard InChI is InChI=1S/C17H17N3O/c21-17(18-11-10-14-6-2-1-3-7-14)13-20-16-9-5-4-8-15(16)12-19-20/h1-9,12H,10-11,13H2,(H,18,21). The van der Waals surface area contributed by atoms with Gasteiger partial charge < -0.3 is 5.32 Å². The van der Waals surface area contributed by atoms with E-state index in [9.17, 15) is 4.79 Å². The highest BCUT2D eigenvalue weighted by atomic mass is 16.2. The van der Waals surface area contributed by atoms with E-state index in [1.54, 1.807) is 10.9 Å². The summed E-state index contributed by atoms with van der Waals surface area (Å²) in [6, 6.07) is 18.0. The van der Waals surface area contributed by atoms with E-state index in [0.717, 1.165) is 17.3 Å². The normalized spacial score (nSPS) is 10.7. The molecule has 3 rings (SSSR count). The molecular weight excluding hydrogens is 262 g/mol. The molecule has 0 fully saturated rings. The molecule has 106 valence electrons. The van der Waals surface area contributed by atoms with Crippen molar-refractivity contribution in [2.75, 3.05) is 6.54 Å². The van der Waals surface area contributed by atoms with Crippen LogP contribution in [0, 0.1) is 0 Å². The second-order valence-corrected chi connectivity index (χ2v) is 4.95. The average molecular weight is 279 g/mol. The highest BCUT2D eigenvalue weighted by Gasteiger charge is 2.06. The lowest BCUT2D eigenvalue weighted by Crippen LogP contribution is -2.29. The molecule has 0 atom stereocenters. The van der Waals surface area contributed by atoms with Gasteiger partial charge in [0.05, 0.1) is 11.7 Å². The second kappa shape index (κ2) is 6.22. The van der Waals surface area contributed by atoms with E-state index >= 15 is 0 Å². The Morgan fingerprint density at radius 1 is 1.05 bits per heavy atom. The Morgan fingerprint density at radius 3 is 2.67 bits per heavy atom. The Balaban J connectivity index is 1.55. The molecule has 0 spiro atoms. The van der Waals surface area contributed by atoms with Crippen molar-refractivity contribution < 1.29 is 4.79 Å². The quantitative estimate of drug-likeness (QED) is 0.779. The van der Waals surface area contributed by atoms with Crippen molar-refractivity contribution in [3.8, 4) is 0 Å². The Morgan fingerprint density at radius 2 is 1.81 bits per heavy atom. The number of rotatable bonds is 5. The molecule has 0 unspecified atom stereocenters. The maximum Gasteiger partial charge on any atom is 0.241 e. The van der Waals surface area contributed by atoms with Crippen molar-refractivity contribution >= 4 is 16.8 Å². The van der Waals surface area contributed by atoms with Crippen molar-refractivity contribution in [2.24, 2.45) is 0 Å². The molecule has 0 radical (unpaired) electrons. The van der Waals surface area contributed by atoms with E-state index in [0.29, 0.717) is 6.54 Å². The second-order valence-electron chi connectivity index (χ2n) is 4.95. The zero-order valence-electron chi connectivity index (χ0n) is 11.7. The summed E-state index contributed by atoms with van der Waals surface area (Å²) in [5, 5.41) is 8.24. The number of fused-ring (bicyclic) bond motifs is 1. The molecular formula is C17H17N3O. The first-order valence-corrected chi connectivity index (χ1v) is 7.04. The third-order valence-corrected chi connectivity index (χ3v) is 3.42. The zero-order chi connectivity index (χ0) is 14.5. The smallest absolute Gasteiger partial charge is 0.241 e. The Bertz CT molecular complexity index is 734. The lowest BCUT2D eigenvalue weighted by atomic mass is 10.1. The maximum absolute atomic E-state index is 12.0. The summed E-state index contributed by atoms with van der Waals surface area (Å²) in [4.78, 5) is 12.0. The van der Waals surface area contributed by atoms with Gasteiger partial charge in [-0.05, 0) is 18.1 Å². The van der Waals surface area contributed by atoms with Crippen molar-refractivity contribution in [3.63, 3.8) is 0 Å². The molecule has 0 bridgehead atoms. The van der Waals surface area contributed by atoms with Gasteiger partial charge in [-0.1, -0.05) is 48.5 Å². The van der Waals surface area contributed by atoms with Gasteiger partial charge in [0, 0.05) is 11.9 Å². The molecule has 1 N–H and O–H groups in total. The van der Waals surface area contributed by atoms with Gasteiger partial charge >= 0.3 is 0 Å². The minimum Gasteiger partial charge on any atom is -0.354 e. The summed E-state index contributed by atoms with van der Waals surface area (Å²) in [5.74, 6) is -0.0141. The molecule has 0 saturated carbocycles. The van der Waals surface area contributed by atoms with E-state index in [4.69, 9.17) is 0 Å². The number of nitrogens with one attached hydrogen (secondary N) is 1. The van der Waals surface area contributed by atoms with Crippen molar-refractivity contribution in [3.05, 3.63) is 66.4 Å². The van der Waals surface area contributed by atoms with E-state index in [2.05, 4.69) is 22.5 Å². The van der Waals surface area contributed by atoms with Crippen LogP contribution in [0.25, 0.3) is 10.9 Å². The van der Waals surface area contributed by atoms with Gasteiger partial charge in [-0.25, -0.2) is 0 Å². The molecule has 0 aliphatic carbocycles. The van der Waals surface area contributed by atoms with Crippen LogP contribution in [-0.4, -0.2) is 22.2 Å². The van der Waals surface area contributed by atoms with Crippen molar-refractivity contribution in [2.45, 2.75) is 13.0 Å². The number of nitrogens with zero attached hydrogens (tertiary/aromatic N) is 2. The highest BCUT2D eigenvalue weighted by Crippen LogP contribution is 2.12. The van der Waals surface area contributed by atoms with Gasteiger partial charge in [0.1, 0.15) is 6.54 Å². The molecule has 0 saturated heterocycles. The zero-order valence-corrected chi connectivity index (χ0v) is 11.7. The van der Waals surface area contributed by atoms with Crippen molar-refractivity contribution in [1.82, 2.24) is 15.1 Å². The molecule has 4 heteroatoms. The molecule has 1 aromatic heterocycles. The number of hydrogen-bond donors (Lipinski definition) is 1. The van der Waals surface area contributed by atoms with Gasteiger partial charge in [-0.3, -0.25) is 9.48 Å². The fourth-order valence-corrected chi connectivity index (χ4v) is 2.33. The van der Waals surface area contributed by atoms with Crippen LogP contribution < -0.4 is 5.32 Å². The summed E-state index contributed by atoms with van der Waals surface area (Å²) in [6.07, 6.45) is 2.62. The SMILES string of the molecule is O=C(Cn1ncc2ccccc21)NCCc1ccccc1. The summed E-state index contributed by atoms with van der Waals surface area (Å²) in [7, 11) is 0. The average Bonchev–Trinajstić information content (AvgIpc) is 2.92. The summed E-state index contributed by atoms with van der Waals surface area (Å²) >= 11 is 0. The molecule has 4 nitrogen and oxygen atoms in total. The number of carbonyl (C=O) groups is 1. The number of benzene rings is 2. The first-order valence-electron chi connectivity index (χ1n) is 7.04. The summed E-state index contributed by atoms with van der Waals surface area (Å²) in [5.41, 5.74) is 2.21. The molecule has 0 aliphatic heterocycles. The van der Waals surface area contributed by atoms with E-state index in [1.807, 2.05) is 42.5 Å². The van der Waals surface area contributed by atoms with E-state index in [-0.39, 0.29) is 12.5 Å². The fraction of sp³-hybridized carbons (Fsp3) is 0.176. The van der Waals surface area contributed by atoms with Gasteiger partial charge in [0.25, 0.3) is 0 Å². The molecule has 1 heterocycles. The van der Waals surface area contributed by atoms with Crippen LogP contribution in [0.2, 0.25) is 0 Å². The third-order valence-electron chi connectivity index (χ3n) is 3.42. The molecule has 3 aromatic rings. The summed E-state index contributed by atoms with van der Waals surface area (Å²) in [6.45, 7) is 0.893. The Labute approximate surface area is 123 Å². The minimum atomic E-state index is -0.0141. The highest BCUT2D eigenvalue weighted by molar-refractivity contribution is 5.81.